The fraction of sp³-hybridized carbons (Fsp3) is 0.130. The third kappa shape index (κ3) is 3.59. The summed E-state index contributed by atoms with van der Waals surface area (Å²) in [6, 6.07) is 17.5. The maximum absolute atomic E-state index is 12.8. The Kier molecular flexibility index (Phi) is 5.14. The number of ether oxygens (including phenoxy) is 1. The number of ketones is 1. The maximum Gasteiger partial charge on any atom is 0.339 e. The standard InChI is InChI=1S/C23H17N3O4/c24-10-5-11-26-13-18(16-7-2-4-9-20(16)26)21(27)14-30-23(29)17-12-22(28)25-19-8-3-1-6-15(17)19/h1-4,6-9,12-13H,5,11,14H2,(H,25,28). The van der Waals surface area contributed by atoms with Gasteiger partial charge in [-0.05, 0) is 12.1 Å². The van der Waals surface area contributed by atoms with Gasteiger partial charge in [0.1, 0.15) is 0 Å². The van der Waals surface area contributed by atoms with E-state index in [0.29, 0.717) is 29.4 Å². The van der Waals surface area contributed by atoms with Gasteiger partial charge >= 0.3 is 5.97 Å². The Morgan fingerprint density at radius 2 is 1.77 bits per heavy atom. The molecule has 2 aromatic heterocycles. The summed E-state index contributed by atoms with van der Waals surface area (Å²) in [6.07, 6.45) is 2.00. The molecule has 1 N–H and O–H groups in total. The van der Waals surface area contributed by atoms with Crippen LogP contribution in [0.5, 0.6) is 0 Å². The predicted molar refractivity (Wildman–Crippen MR) is 111 cm³/mol. The Morgan fingerprint density at radius 3 is 2.57 bits per heavy atom. The van der Waals surface area contributed by atoms with Gasteiger partial charge < -0.3 is 14.3 Å². The minimum atomic E-state index is -0.737. The van der Waals surface area contributed by atoms with Gasteiger partial charge in [-0.15, -0.1) is 0 Å². The molecule has 0 saturated carbocycles. The summed E-state index contributed by atoms with van der Waals surface area (Å²) in [6.45, 7) is 0.00901. The smallest absolute Gasteiger partial charge is 0.339 e. The molecular weight excluding hydrogens is 382 g/mol. The minimum absolute atomic E-state index is 0.110. The highest BCUT2D eigenvalue weighted by Gasteiger charge is 2.19. The van der Waals surface area contributed by atoms with Crippen LogP contribution in [0.1, 0.15) is 27.1 Å². The highest BCUT2D eigenvalue weighted by Crippen LogP contribution is 2.23. The van der Waals surface area contributed by atoms with Gasteiger partial charge in [-0.1, -0.05) is 36.4 Å². The molecule has 4 rings (SSSR count). The lowest BCUT2D eigenvalue weighted by molar-refractivity contribution is 0.0477. The second-order valence-corrected chi connectivity index (χ2v) is 6.75. The molecule has 7 heteroatoms. The van der Waals surface area contributed by atoms with Crippen molar-refractivity contribution >= 4 is 33.6 Å². The number of aromatic amines is 1. The highest BCUT2D eigenvalue weighted by molar-refractivity contribution is 6.10. The van der Waals surface area contributed by atoms with Crippen LogP contribution in [0, 0.1) is 11.3 Å². The number of aryl methyl sites for hydroxylation is 1. The van der Waals surface area contributed by atoms with E-state index in [1.807, 2.05) is 28.8 Å². The molecule has 0 amide bonds. The molecule has 0 atom stereocenters. The van der Waals surface area contributed by atoms with Crippen LogP contribution in [0.4, 0.5) is 0 Å². The van der Waals surface area contributed by atoms with Crippen molar-refractivity contribution in [2.45, 2.75) is 13.0 Å². The van der Waals surface area contributed by atoms with E-state index in [1.54, 1.807) is 30.5 Å². The Morgan fingerprint density at radius 1 is 1.03 bits per heavy atom. The normalized spacial score (nSPS) is 10.8. The topological polar surface area (TPSA) is 105 Å². The molecule has 0 bridgehead atoms. The number of pyridine rings is 1. The van der Waals surface area contributed by atoms with Gasteiger partial charge in [-0.2, -0.15) is 5.26 Å². The molecule has 0 radical (unpaired) electrons. The largest absolute Gasteiger partial charge is 0.454 e. The average Bonchev–Trinajstić information content (AvgIpc) is 3.14. The van der Waals surface area contributed by atoms with Crippen molar-refractivity contribution in [1.82, 2.24) is 9.55 Å². The Labute approximate surface area is 171 Å². The van der Waals surface area contributed by atoms with E-state index in [1.165, 1.54) is 6.07 Å². The monoisotopic (exact) mass is 399 g/mol. The number of hydrogen-bond acceptors (Lipinski definition) is 5. The van der Waals surface area contributed by atoms with Gasteiger partial charge in [-0.25, -0.2) is 4.79 Å². The zero-order chi connectivity index (χ0) is 21.1. The van der Waals surface area contributed by atoms with Gasteiger partial charge in [0.25, 0.3) is 0 Å². The van der Waals surface area contributed by atoms with E-state index in [2.05, 4.69) is 11.1 Å². The first-order valence-corrected chi connectivity index (χ1v) is 9.35. The van der Waals surface area contributed by atoms with E-state index in [9.17, 15) is 14.4 Å². The van der Waals surface area contributed by atoms with Crippen LogP contribution in [-0.2, 0) is 11.3 Å². The molecule has 0 aliphatic rings. The summed E-state index contributed by atoms with van der Waals surface area (Å²) in [5.41, 5.74) is 1.46. The molecule has 4 aromatic rings. The number of carbonyl (C=O) groups is 2. The highest BCUT2D eigenvalue weighted by atomic mass is 16.5. The molecule has 0 fully saturated rings. The number of para-hydroxylation sites is 2. The van der Waals surface area contributed by atoms with Crippen LogP contribution in [0.15, 0.2) is 65.6 Å². The van der Waals surface area contributed by atoms with Crippen LogP contribution in [-0.4, -0.2) is 27.9 Å². The molecule has 0 unspecified atom stereocenters. The minimum Gasteiger partial charge on any atom is -0.454 e. The third-order valence-corrected chi connectivity index (χ3v) is 4.86. The molecule has 0 aliphatic carbocycles. The predicted octanol–water partition coefficient (Wildman–Crippen LogP) is 3.44. The first kappa shape index (κ1) is 19.2. The lowest BCUT2D eigenvalue weighted by Crippen LogP contribution is -2.17. The van der Waals surface area contributed by atoms with E-state index in [-0.39, 0.29) is 11.3 Å². The van der Waals surface area contributed by atoms with E-state index >= 15 is 0 Å². The van der Waals surface area contributed by atoms with Gasteiger partial charge in [0.05, 0.1) is 18.1 Å². The number of Topliss-reactive ketones (excluding diaryl/α,β-unsaturated/α-hetero) is 1. The van der Waals surface area contributed by atoms with Crippen LogP contribution < -0.4 is 5.56 Å². The molecule has 2 aromatic carbocycles. The van der Waals surface area contributed by atoms with Crippen molar-refractivity contribution in [1.29, 1.82) is 5.26 Å². The van der Waals surface area contributed by atoms with E-state index in [4.69, 9.17) is 10.00 Å². The number of H-pyrrole nitrogens is 1. The van der Waals surface area contributed by atoms with Crippen molar-refractivity contribution in [3.05, 3.63) is 82.3 Å². The van der Waals surface area contributed by atoms with Crippen molar-refractivity contribution < 1.29 is 14.3 Å². The Hall–Kier alpha value is -4.18. The zero-order valence-corrected chi connectivity index (χ0v) is 15.9. The number of esters is 1. The fourth-order valence-electron chi connectivity index (χ4n) is 3.48. The quantitative estimate of drug-likeness (QED) is 0.395. The lowest BCUT2D eigenvalue weighted by Gasteiger charge is -2.06. The molecule has 30 heavy (non-hydrogen) atoms. The molecule has 0 spiro atoms. The van der Waals surface area contributed by atoms with Crippen molar-refractivity contribution in [3.63, 3.8) is 0 Å². The van der Waals surface area contributed by atoms with Crippen molar-refractivity contribution in [2.75, 3.05) is 6.61 Å². The van der Waals surface area contributed by atoms with Gasteiger partial charge in [-0.3, -0.25) is 9.59 Å². The number of hydrogen-bond donors (Lipinski definition) is 1. The van der Waals surface area contributed by atoms with Crippen LogP contribution in [0.2, 0.25) is 0 Å². The number of aromatic nitrogens is 2. The van der Waals surface area contributed by atoms with Crippen molar-refractivity contribution in [3.8, 4) is 6.07 Å². The number of nitriles is 1. The number of nitrogens with one attached hydrogen (secondary N) is 1. The lowest BCUT2D eigenvalue weighted by atomic mass is 10.1. The van der Waals surface area contributed by atoms with E-state index < -0.39 is 18.1 Å². The second-order valence-electron chi connectivity index (χ2n) is 6.75. The maximum atomic E-state index is 12.8. The number of rotatable bonds is 6. The van der Waals surface area contributed by atoms with Gasteiger partial charge in [0.15, 0.2) is 6.61 Å². The summed E-state index contributed by atoms with van der Waals surface area (Å²) < 4.78 is 7.09. The van der Waals surface area contributed by atoms with Crippen molar-refractivity contribution in [2.24, 2.45) is 0 Å². The number of nitrogens with zero attached hydrogens (tertiary/aromatic N) is 2. The Bertz CT molecular complexity index is 1370. The first-order valence-electron chi connectivity index (χ1n) is 9.35. The summed E-state index contributed by atoms with van der Waals surface area (Å²) in [4.78, 5) is 39.9. The Balaban J connectivity index is 1.58. The fourth-order valence-corrected chi connectivity index (χ4v) is 3.48. The van der Waals surface area contributed by atoms with E-state index in [0.717, 1.165) is 10.9 Å². The summed E-state index contributed by atoms with van der Waals surface area (Å²) >= 11 is 0. The molecule has 0 saturated heterocycles. The molecule has 148 valence electrons. The summed E-state index contributed by atoms with van der Waals surface area (Å²) in [5.74, 6) is -1.09. The van der Waals surface area contributed by atoms with Crippen LogP contribution >= 0.6 is 0 Å². The molecule has 2 heterocycles. The second kappa shape index (κ2) is 8.05. The molecule has 0 aliphatic heterocycles. The van der Waals surface area contributed by atoms with Crippen LogP contribution in [0.3, 0.4) is 0 Å². The number of fused-ring (bicyclic) bond motifs is 2. The zero-order valence-electron chi connectivity index (χ0n) is 15.9. The SMILES string of the molecule is N#CCCn1cc(C(=O)COC(=O)c2cc(=O)[nH]c3ccccc23)c2ccccc21. The number of benzene rings is 2. The summed E-state index contributed by atoms with van der Waals surface area (Å²) in [7, 11) is 0. The number of carbonyl (C=O) groups excluding carboxylic acids is 2. The van der Waals surface area contributed by atoms with Gasteiger partial charge in [0.2, 0.25) is 11.3 Å². The summed E-state index contributed by atoms with van der Waals surface area (Å²) in [5, 5.41) is 10.1. The van der Waals surface area contributed by atoms with Crippen LogP contribution in [0.25, 0.3) is 21.8 Å². The molecular formula is C23H17N3O4. The average molecular weight is 399 g/mol. The van der Waals surface area contributed by atoms with Gasteiger partial charge in [0, 0.05) is 46.2 Å². The first-order chi connectivity index (χ1) is 14.6. The third-order valence-electron chi connectivity index (χ3n) is 4.86. The molecule has 7 nitrogen and oxygen atoms in total.